The van der Waals surface area contributed by atoms with E-state index in [2.05, 4.69) is 61.5 Å². The van der Waals surface area contributed by atoms with Crippen LogP contribution in [0.1, 0.15) is 126 Å². The van der Waals surface area contributed by atoms with E-state index >= 15 is 0 Å². The average Bonchev–Trinajstić information content (AvgIpc) is 2.85. The quantitative estimate of drug-likeness (QED) is 0.142. The zero-order valence-corrected chi connectivity index (χ0v) is 23.1. The Hall–Kier alpha value is -0.573. The van der Waals surface area contributed by atoms with Crippen molar-refractivity contribution in [3.05, 3.63) is 11.3 Å². The minimum atomic E-state index is -1.75. The second-order valence-electron chi connectivity index (χ2n) is 11.7. The fourth-order valence-electron chi connectivity index (χ4n) is 7.30. The molecule has 0 bridgehead atoms. The topological polar surface area (TPSA) is 26.3 Å². The van der Waals surface area contributed by atoms with Crippen LogP contribution in [0.4, 0.5) is 0 Å². The highest BCUT2D eigenvalue weighted by molar-refractivity contribution is 6.90. The molecule has 180 valence electrons. The number of hydrogen-bond donors (Lipinski definition) is 0. The molecule has 31 heavy (non-hydrogen) atoms. The van der Waals surface area contributed by atoms with Gasteiger partial charge in [0.25, 0.3) is 0 Å². The van der Waals surface area contributed by atoms with Crippen LogP contribution in [0.15, 0.2) is 11.3 Å². The highest BCUT2D eigenvalue weighted by Crippen LogP contribution is 2.62. The molecular formula is C28H52O2Si. The van der Waals surface area contributed by atoms with Crippen molar-refractivity contribution in [2.24, 2.45) is 11.3 Å². The van der Waals surface area contributed by atoms with Gasteiger partial charge in [0.1, 0.15) is 6.10 Å². The fraction of sp³-hybridized carbons (Fsp3) is 0.893. The highest BCUT2D eigenvalue weighted by Gasteiger charge is 2.65. The molecule has 0 aromatic rings. The molecule has 0 N–H and O–H groups in total. The number of rotatable bonds is 15. The molecule has 3 heteroatoms. The molecule has 1 fully saturated rings. The van der Waals surface area contributed by atoms with Crippen LogP contribution in [0.25, 0.3) is 0 Å². The van der Waals surface area contributed by atoms with Gasteiger partial charge in [-0.2, -0.15) is 0 Å². The molecule has 1 heterocycles. The molecule has 1 aliphatic carbocycles. The van der Waals surface area contributed by atoms with Crippen molar-refractivity contribution in [3.63, 3.8) is 0 Å². The van der Waals surface area contributed by atoms with Crippen LogP contribution in [-0.2, 0) is 9.53 Å². The van der Waals surface area contributed by atoms with Gasteiger partial charge in [0, 0.05) is 5.41 Å². The number of cyclic esters (lactones) is 1. The monoisotopic (exact) mass is 448 g/mol. The molecule has 0 radical (unpaired) electrons. The Kier molecular flexibility index (Phi) is 9.92. The zero-order valence-electron chi connectivity index (χ0n) is 22.1. The first kappa shape index (κ1) is 26.7. The van der Waals surface area contributed by atoms with Gasteiger partial charge >= 0.3 is 5.97 Å². The summed E-state index contributed by atoms with van der Waals surface area (Å²) in [4.78, 5) is 13.0. The molecule has 3 atom stereocenters. The molecule has 0 amide bonds. The average molecular weight is 449 g/mol. The molecule has 2 aliphatic rings. The number of carbonyl (C=O) groups excluding carboxylic acids is 1. The lowest BCUT2D eigenvalue weighted by Gasteiger charge is -2.54. The third-order valence-electron chi connectivity index (χ3n) is 8.77. The Bertz CT molecular complexity index is 584. The Labute approximate surface area is 195 Å². The van der Waals surface area contributed by atoms with E-state index in [0.717, 1.165) is 6.42 Å². The summed E-state index contributed by atoms with van der Waals surface area (Å²) >= 11 is 0. The van der Waals surface area contributed by atoms with Gasteiger partial charge in [-0.15, -0.1) is 0 Å². The summed E-state index contributed by atoms with van der Waals surface area (Å²) < 4.78 is 6.03. The first-order valence-electron chi connectivity index (χ1n) is 13.6. The van der Waals surface area contributed by atoms with Crippen molar-refractivity contribution in [1.82, 2.24) is 0 Å². The maximum atomic E-state index is 13.0. The minimum Gasteiger partial charge on any atom is -0.461 e. The van der Waals surface area contributed by atoms with E-state index in [1.165, 1.54) is 69.4 Å². The lowest BCUT2D eigenvalue weighted by molar-refractivity contribution is -0.143. The Balaban J connectivity index is 1.89. The lowest BCUT2D eigenvalue weighted by atomic mass is 9.65. The summed E-state index contributed by atoms with van der Waals surface area (Å²) in [6.45, 7) is 18.9. The summed E-state index contributed by atoms with van der Waals surface area (Å²) in [6, 6.07) is 0. The van der Waals surface area contributed by atoms with E-state index in [4.69, 9.17) is 4.74 Å². The van der Waals surface area contributed by atoms with Gasteiger partial charge in [-0.25, -0.2) is 0 Å². The van der Waals surface area contributed by atoms with Gasteiger partial charge in [-0.1, -0.05) is 124 Å². The number of ether oxygens (including phenoxy) is 1. The SMILES string of the molecule is CCCCCCCCCCCC[C@H]1OC(=O)[C@@H]2C([Si](C(C)C)(C(C)C)C(C)C)=C[C@@]21C. The standard InChI is InChI=1S/C28H52O2Si/c1-9-10-11-12-13-14-15-16-17-18-19-25-28(8)20-24(26(28)27(29)30-25)31(21(2)3,22(4)5)23(6)7/h20-23,25-26H,9-19H2,1-8H3/t25-,26+,28-/m1/s1. The smallest absolute Gasteiger partial charge is 0.314 e. The van der Waals surface area contributed by atoms with Crippen LogP contribution >= 0.6 is 0 Å². The number of carbonyl (C=O) groups is 1. The van der Waals surface area contributed by atoms with Crippen molar-refractivity contribution in [2.45, 2.75) is 149 Å². The van der Waals surface area contributed by atoms with Crippen molar-refractivity contribution in [3.8, 4) is 0 Å². The van der Waals surface area contributed by atoms with Crippen LogP contribution in [0, 0.1) is 11.3 Å². The Morgan fingerprint density at radius 2 is 1.29 bits per heavy atom. The van der Waals surface area contributed by atoms with Crippen molar-refractivity contribution in [2.75, 3.05) is 0 Å². The second kappa shape index (κ2) is 11.5. The van der Waals surface area contributed by atoms with Gasteiger partial charge in [0.15, 0.2) is 0 Å². The molecule has 0 spiro atoms. The third kappa shape index (κ3) is 5.33. The molecule has 0 saturated carbocycles. The van der Waals surface area contributed by atoms with Crippen LogP contribution in [-0.4, -0.2) is 20.1 Å². The van der Waals surface area contributed by atoms with Gasteiger partial charge in [-0.3, -0.25) is 4.79 Å². The number of esters is 1. The van der Waals surface area contributed by atoms with Crippen molar-refractivity contribution >= 4 is 14.0 Å². The van der Waals surface area contributed by atoms with Crippen LogP contribution in [0.2, 0.25) is 16.6 Å². The lowest BCUT2D eigenvalue weighted by Crippen LogP contribution is -2.56. The maximum absolute atomic E-state index is 13.0. The molecule has 2 rings (SSSR count). The highest BCUT2D eigenvalue weighted by atomic mass is 28.3. The summed E-state index contributed by atoms with van der Waals surface area (Å²) in [5.41, 5.74) is 1.90. The van der Waals surface area contributed by atoms with E-state index < -0.39 is 8.07 Å². The molecule has 2 nitrogen and oxygen atoms in total. The number of unbranched alkanes of at least 4 members (excludes halogenated alkanes) is 9. The molecule has 1 saturated heterocycles. The van der Waals surface area contributed by atoms with E-state index in [-0.39, 0.29) is 23.4 Å². The fourth-order valence-corrected chi connectivity index (χ4v) is 14.8. The van der Waals surface area contributed by atoms with Gasteiger partial charge < -0.3 is 4.74 Å². The second-order valence-corrected chi connectivity index (χ2v) is 17.6. The van der Waals surface area contributed by atoms with Crippen molar-refractivity contribution in [1.29, 1.82) is 0 Å². The number of hydrogen-bond acceptors (Lipinski definition) is 2. The predicted molar refractivity (Wildman–Crippen MR) is 137 cm³/mol. The van der Waals surface area contributed by atoms with E-state index in [1.54, 1.807) is 0 Å². The molecular weight excluding hydrogens is 396 g/mol. The molecule has 0 unspecified atom stereocenters. The summed E-state index contributed by atoms with van der Waals surface area (Å²) in [5, 5.41) is 1.52. The maximum Gasteiger partial charge on any atom is 0.314 e. The largest absolute Gasteiger partial charge is 0.461 e. The van der Waals surface area contributed by atoms with Gasteiger partial charge in [0.2, 0.25) is 0 Å². The van der Waals surface area contributed by atoms with Crippen molar-refractivity contribution < 1.29 is 9.53 Å². The van der Waals surface area contributed by atoms with E-state index in [9.17, 15) is 4.79 Å². The molecule has 0 aromatic carbocycles. The third-order valence-corrected chi connectivity index (χ3v) is 15.9. The minimum absolute atomic E-state index is 0.0412. The van der Waals surface area contributed by atoms with Crippen LogP contribution in [0.3, 0.4) is 0 Å². The predicted octanol–water partition coefficient (Wildman–Crippen LogP) is 9.00. The summed E-state index contributed by atoms with van der Waals surface area (Å²) in [5.74, 6) is 0.121. The van der Waals surface area contributed by atoms with Gasteiger partial charge in [0.05, 0.1) is 14.0 Å². The first-order chi connectivity index (χ1) is 14.6. The summed E-state index contributed by atoms with van der Waals surface area (Å²) in [6.07, 6.45) is 17.2. The summed E-state index contributed by atoms with van der Waals surface area (Å²) in [7, 11) is -1.75. The molecule has 1 aliphatic heterocycles. The van der Waals surface area contributed by atoms with Crippen LogP contribution in [0.5, 0.6) is 0 Å². The Morgan fingerprint density at radius 3 is 1.74 bits per heavy atom. The van der Waals surface area contributed by atoms with E-state index in [1.807, 2.05) is 0 Å². The number of fused-ring (bicyclic) bond motifs is 1. The van der Waals surface area contributed by atoms with Crippen LogP contribution < -0.4 is 0 Å². The zero-order chi connectivity index (χ0) is 23.2. The van der Waals surface area contributed by atoms with E-state index in [0.29, 0.717) is 16.6 Å². The normalized spacial score (nSPS) is 25.8. The van der Waals surface area contributed by atoms with Gasteiger partial charge in [-0.05, 0) is 29.5 Å². The first-order valence-corrected chi connectivity index (χ1v) is 15.8. The molecule has 0 aromatic heterocycles. The Morgan fingerprint density at radius 1 is 0.839 bits per heavy atom.